The van der Waals surface area contributed by atoms with E-state index >= 15 is 0 Å². The number of Topliss-reactive ketones (excluding diaryl/α,β-unsaturated/α-hetero) is 2. The van der Waals surface area contributed by atoms with Gasteiger partial charge in [0.2, 0.25) is 29.5 Å². The van der Waals surface area contributed by atoms with E-state index in [0.717, 1.165) is 5.56 Å². The van der Waals surface area contributed by atoms with Crippen LogP contribution in [0.15, 0.2) is 54.6 Å². The second-order valence-corrected chi connectivity index (χ2v) is 26.4. The van der Waals surface area contributed by atoms with Crippen molar-refractivity contribution in [2.24, 2.45) is 47.2 Å². The Morgan fingerprint density at radius 3 is 1.92 bits per heavy atom. The van der Waals surface area contributed by atoms with Gasteiger partial charge >= 0.3 is 18.1 Å². The zero-order valence-corrected chi connectivity index (χ0v) is 58.0. The van der Waals surface area contributed by atoms with Crippen LogP contribution in [0.25, 0.3) is 0 Å². The Bertz CT molecular complexity index is 2910. The molecule has 95 heavy (non-hydrogen) atoms. The molecule has 12 atom stereocenters. The maximum Gasteiger partial charge on any atom is 0.410 e. The minimum atomic E-state index is -1.09. The molecule has 26 nitrogen and oxygen atoms in total. The average Bonchev–Trinajstić information content (AvgIpc) is 1.80. The van der Waals surface area contributed by atoms with Gasteiger partial charge in [-0.25, -0.2) is 14.4 Å². The van der Waals surface area contributed by atoms with Crippen LogP contribution >= 0.6 is 0 Å². The molecule has 0 aliphatic carbocycles. The highest BCUT2D eigenvalue weighted by Crippen LogP contribution is 2.33. The van der Waals surface area contributed by atoms with Crippen LogP contribution in [0.3, 0.4) is 0 Å². The van der Waals surface area contributed by atoms with Gasteiger partial charge in [0.15, 0.2) is 5.78 Å². The topological polar surface area (TPSA) is 349 Å². The Balaban J connectivity index is 1.38. The third-order valence-corrected chi connectivity index (χ3v) is 18.1. The van der Waals surface area contributed by atoms with E-state index in [1.54, 1.807) is 89.6 Å². The molecule has 2 aromatic rings. The Labute approximate surface area is 559 Å². The molecule has 0 unspecified atom stereocenters. The van der Waals surface area contributed by atoms with E-state index in [9.17, 15) is 62.6 Å². The van der Waals surface area contributed by atoms with E-state index in [0.29, 0.717) is 42.1 Å². The summed E-state index contributed by atoms with van der Waals surface area (Å²) in [7, 11) is 6.10. The summed E-state index contributed by atoms with van der Waals surface area (Å²) in [6.45, 7) is 18.5. The number of carbonyl (C=O) groups is 12. The number of amides is 10. The number of aliphatic hydroxyl groups is 1. The molecular weight excluding hydrogens is 1230 g/mol. The van der Waals surface area contributed by atoms with Crippen molar-refractivity contribution in [3.05, 3.63) is 65.7 Å². The van der Waals surface area contributed by atoms with Crippen molar-refractivity contribution in [2.75, 3.05) is 46.7 Å². The summed E-state index contributed by atoms with van der Waals surface area (Å²) in [6.07, 6.45) is -1.53. The lowest BCUT2D eigenvalue weighted by molar-refractivity contribution is -0.197. The van der Waals surface area contributed by atoms with E-state index in [2.05, 4.69) is 21.3 Å². The number of carbonyl (C=O) groups excluding carboxylic acids is 12. The fourth-order valence-corrected chi connectivity index (χ4v) is 12.4. The third-order valence-electron chi connectivity index (χ3n) is 18.1. The van der Waals surface area contributed by atoms with Gasteiger partial charge in [-0.2, -0.15) is 0 Å². The molecule has 0 radical (unpaired) electrons. The van der Waals surface area contributed by atoms with Crippen LogP contribution in [-0.2, 0) is 73.6 Å². The number of hydrogen-bond donors (Lipinski definition) is 6. The number of ketones is 2. The number of primary amides is 1. The number of benzene rings is 2. The van der Waals surface area contributed by atoms with Crippen molar-refractivity contribution >= 4 is 76.7 Å². The van der Waals surface area contributed by atoms with Gasteiger partial charge in [0.25, 0.3) is 11.8 Å². The first-order valence-corrected chi connectivity index (χ1v) is 33.3. The number of nitrogens with zero attached hydrogens (tertiary/aromatic N) is 4. The van der Waals surface area contributed by atoms with E-state index < -0.39 is 137 Å². The van der Waals surface area contributed by atoms with E-state index in [1.807, 2.05) is 51.1 Å². The standard InChI is InChI=1S/C69H105N9O17/c1-15-43(8)62(53(92-13)38-57(84)77-35-21-25-50(77)64(93-14)45(10)51(79)36-44(9)63(86)47-22-17-16-18-23-47)75(11)67(89)60(41(4)5)74-66(88)61(42(6)7)76(12)69(91)94-39-46-28-30-49(31-29-46)72-65(87)48(24-20-34-71-68(70)90)37-52(80)59(40(2)3)73-54(81)26-19-27-58(85)95-78-55(82)32-33-56(78)83/h16-18,22-23,28-31,40-45,48,50,53,59-64,86H,15,19-21,24-27,32-39H2,1-14H3,(H,72,87)(H,73,81)(H,74,88)(H3,70,71,90)/t43-,44-,45-,48+,50-,53+,59-,60-,61-,62-,63+,64+/m0/s1. The summed E-state index contributed by atoms with van der Waals surface area (Å²) in [5.41, 5.74) is 6.83. The summed E-state index contributed by atoms with van der Waals surface area (Å²) in [5, 5.41) is 22.4. The van der Waals surface area contributed by atoms with Crippen molar-refractivity contribution in [3.8, 4) is 0 Å². The Morgan fingerprint density at radius 1 is 0.716 bits per heavy atom. The van der Waals surface area contributed by atoms with E-state index in [-0.39, 0.29) is 101 Å². The van der Waals surface area contributed by atoms with Gasteiger partial charge in [-0.05, 0) is 85.0 Å². The molecule has 2 aromatic carbocycles. The summed E-state index contributed by atoms with van der Waals surface area (Å²) in [5.74, 6) is -8.28. The lowest BCUT2D eigenvalue weighted by Crippen LogP contribution is -2.60. The van der Waals surface area contributed by atoms with Crippen molar-refractivity contribution in [3.63, 3.8) is 0 Å². The van der Waals surface area contributed by atoms with Crippen LogP contribution in [0, 0.1) is 41.4 Å². The highest BCUT2D eigenvalue weighted by Gasteiger charge is 2.44. The van der Waals surface area contributed by atoms with Crippen LogP contribution in [0.4, 0.5) is 15.3 Å². The molecule has 26 heteroatoms. The van der Waals surface area contributed by atoms with Crippen molar-refractivity contribution in [2.45, 2.75) is 208 Å². The molecule has 0 saturated carbocycles. The molecule has 4 rings (SSSR count). The van der Waals surface area contributed by atoms with E-state index in [1.165, 1.54) is 26.2 Å². The lowest BCUT2D eigenvalue weighted by Gasteiger charge is -2.41. The fraction of sp³-hybridized carbons (Fsp3) is 0.652. The predicted molar refractivity (Wildman–Crippen MR) is 352 cm³/mol. The zero-order chi connectivity index (χ0) is 71.0. The number of aliphatic hydroxyl groups excluding tert-OH is 1. The molecule has 2 aliphatic rings. The second kappa shape index (κ2) is 38.6. The first kappa shape index (κ1) is 79.6. The number of likely N-dealkylation sites (N-methyl/N-ethyl adjacent to an activating group) is 2. The first-order valence-electron chi connectivity index (χ1n) is 33.3. The summed E-state index contributed by atoms with van der Waals surface area (Å²) < 4.78 is 17.8. The van der Waals surface area contributed by atoms with E-state index in [4.69, 9.17) is 24.8 Å². The molecule has 2 saturated heterocycles. The maximum absolute atomic E-state index is 14.8. The van der Waals surface area contributed by atoms with Gasteiger partial charge in [-0.15, -0.1) is 5.06 Å². The van der Waals surface area contributed by atoms with Crippen molar-refractivity contribution in [1.82, 2.24) is 35.7 Å². The van der Waals surface area contributed by atoms with Crippen LogP contribution in [0.1, 0.15) is 170 Å². The van der Waals surface area contributed by atoms with Crippen LogP contribution in [0.5, 0.6) is 0 Å². The number of ether oxygens (including phenoxy) is 3. The maximum atomic E-state index is 14.8. The fourth-order valence-electron chi connectivity index (χ4n) is 12.4. The molecule has 0 bridgehead atoms. The Morgan fingerprint density at radius 2 is 1.35 bits per heavy atom. The number of anilines is 1. The lowest BCUT2D eigenvalue weighted by atomic mass is 9.85. The number of hydrogen-bond acceptors (Lipinski definition) is 17. The van der Waals surface area contributed by atoms with Gasteiger partial charge in [-0.1, -0.05) is 118 Å². The normalized spacial score (nSPS) is 17.5. The summed E-state index contributed by atoms with van der Waals surface area (Å²) >= 11 is 0. The molecule has 0 spiro atoms. The summed E-state index contributed by atoms with van der Waals surface area (Å²) in [4.78, 5) is 169. The number of rotatable bonds is 39. The molecule has 7 N–H and O–H groups in total. The van der Waals surface area contributed by atoms with Crippen LogP contribution in [0.2, 0.25) is 0 Å². The summed E-state index contributed by atoms with van der Waals surface area (Å²) in [6, 6.07) is 10.6. The minimum absolute atomic E-state index is 0.00125. The predicted octanol–water partition coefficient (Wildman–Crippen LogP) is 6.55. The zero-order valence-electron chi connectivity index (χ0n) is 58.0. The number of nitrogens with one attached hydrogen (secondary N) is 4. The van der Waals surface area contributed by atoms with Gasteiger partial charge in [-0.3, -0.25) is 48.1 Å². The first-order chi connectivity index (χ1) is 44.9. The molecule has 2 heterocycles. The van der Waals surface area contributed by atoms with Crippen molar-refractivity contribution in [1.29, 1.82) is 0 Å². The Kier molecular flexibility index (Phi) is 32.4. The van der Waals surface area contributed by atoms with Crippen molar-refractivity contribution < 1.29 is 81.7 Å². The third kappa shape index (κ3) is 23.5. The number of likely N-dealkylation sites (tertiary alicyclic amines) is 1. The van der Waals surface area contributed by atoms with Crippen LogP contribution in [-0.4, -0.2) is 180 Å². The molecule has 0 aromatic heterocycles. The smallest absolute Gasteiger partial charge is 0.410 e. The average molecular weight is 1330 g/mol. The molecule has 2 aliphatic heterocycles. The van der Waals surface area contributed by atoms with Gasteiger partial charge < -0.3 is 61.0 Å². The molecule has 10 amide bonds. The number of nitrogens with two attached hydrogens (primary N) is 1. The monoisotopic (exact) mass is 1330 g/mol. The largest absolute Gasteiger partial charge is 0.445 e. The SMILES string of the molecule is CC[C@H](C)[C@@H]([C@@H](CC(=O)N1CCC[C@H]1[C@H](OC)[C@@H](C)C(=O)C[C@H](C)[C@@H](O)c1ccccc1)OC)N(C)C(=O)[C@@H](NC(=O)[C@H](C(C)C)N(C)C(=O)OCc1ccc(NC(=O)[C@H](CCCNC(N)=O)CC(=O)[C@@H](NC(=O)CCCC(=O)ON2C(=O)CCC2=O)C(C)C)cc1)C(C)C. The van der Waals surface area contributed by atoms with Gasteiger partial charge in [0, 0.05) is 97.5 Å². The number of imide groups is 1. The molecular formula is C69H105N9O17. The van der Waals surface area contributed by atoms with Gasteiger partial charge in [0.05, 0.1) is 42.9 Å². The van der Waals surface area contributed by atoms with Gasteiger partial charge in [0.1, 0.15) is 24.5 Å². The number of hydroxylamine groups is 2. The number of methoxy groups -OCH3 is 2. The Hall–Kier alpha value is -7.84. The highest BCUT2D eigenvalue weighted by molar-refractivity contribution is 6.02. The van der Waals surface area contributed by atoms with Crippen LogP contribution < -0.4 is 27.0 Å². The second-order valence-electron chi connectivity index (χ2n) is 26.4. The highest BCUT2D eigenvalue weighted by atomic mass is 16.7. The number of urea groups is 1. The molecule has 528 valence electrons. The molecule has 2 fully saturated rings. The quantitative estimate of drug-likeness (QED) is 0.0305. The minimum Gasteiger partial charge on any atom is -0.445 e.